The zero-order valence-electron chi connectivity index (χ0n) is 11.3. The quantitative estimate of drug-likeness (QED) is 0.257. The van der Waals surface area contributed by atoms with Crippen LogP contribution in [-0.4, -0.2) is 60.8 Å². The van der Waals surface area contributed by atoms with Crippen LogP contribution in [0.2, 0.25) is 0 Å². The van der Waals surface area contributed by atoms with Gasteiger partial charge in [0.15, 0.2) is 10.1 Å². The molecule has 0 atom stereocenters. The molecule has 0 aliphatic carbocycles. The smallest absolute Gasteiger partial charge is 0.485 e. The number of aliphatic imine (C=N–C) groups is 1. The van der Waals surface area contributed by atoms with Gasteiger partial charge in [-0.05, 0) is 37.4 Å². The summed E-state index contributed by atoms with van der Waals surface area (Å²) in [6, 6.07) is 0. The predicted molar refractivity (Wildman–Crippen MR) is 72.7 cm³/mol. The zero-order chi connectivity index (χ0) is 16.1. The Balaban J connectivity index is 0.000000240. The molecule has 0 unspecified atom stereocenters. The van der Waals surface area contributed by atoms with E-state index >= 15 is 0 Å². The van der Waals surface area contributed by atoms with Crippen molar-refractivity contribution in [2.75, 3.05) is 32.7 Å². The van der Waals surface area contributed by atoms with Gasteiger partial charge in [0.05, 0.1) is 37.9 Å². The summed E-state index contributed by atoms with van der Waals surface area (Å²) < 4.78 is 60.2. The Morgan fingerprint density at radius 3 is 2.00 bits per heavy atom. The average Bonchev–Trinajstić information content (AvgIpc) is 2.39. The normalized spacial score (nSPS) is 28.3. The van der Waals surface area contributed by atoms with E-state index in [-0.39, 0.29) is 0 Å². The minimum atomic E-state index is -6.09. The van der Waals surface area contributed by atoms with Gasteiger partial charge in [0.25, 0.3) is 0 Å². The first kappa shape index (κ1) is 18.5. The molecule has 0 N–H and O–H groups in total. The van der Waals surface area contributed by atoms with Crippen LogP contribution in [0.25, 0.3) is 0 Å². The number of hydrogen-bond donors (Lipinski definition) is 0. The van der Waals surface area contributed by atoms with Gasteiger partial charge in [0.1, 0.15) is 0 Å². The standard InChI is InChI=1S/C10H17N2S.CHF3O3S/c13-9-11-4-8-12-5-1-10(2-6-12)3-7-12;2-1(3,4)8(5,6)7/h10H,1-8H2;(H,5,6,7)/q+1;/p-1. The van der Waals surface area contributed by atoms with Crippen molar-refractivity contribution in [3.05, 3.63) is 0 Å². The van der Waals surface area contributed by atoms with Gasteiger partial charge in [-0.15, -0.1) is 0 Å². The Morgan fingerprint density at radius 2 is 1.67 bits per heavy atom. The Labute approximate surface area is 127 Å². The molecule has 5 nitrogen and oxygen atoms in total. The van der Waals surface area contributed by atoms with Gasteiger partial charge < -0.3 is 9.04 Å². The van der Waals surface area contributed by atoms with E-state index in [9.17, 15) is 13.2 Å². The maximum atomic E-state index is 10.7. The molecule has 0 amide bonds. The van der Waals surface area contributed by atoms with E-state index < -0.39 is 15.6 Å². The lowest BCUT2D eigenvalue weighted by atomic mass is 9.86. The van der Waals surface area contributed by atoms with Crippen molar-refractivity contribution < 1.29 is 30.6 Å². The van der Waals surface area contributed by atoms with Gasteiger partial charge in [0.2, 0.25) is 0 Å². The zero-order valence-corrected chi connectivity index (χ0v) is 12.9. The first-order valence-electron chi connectivity index (χ1n) is 6.50. The average molecular weight is 346 g/mol. The number of rotatable bonds is 3. The van der Waals surface area contributed by atoms with E-state index in [1.165, 1.54) is 49.9 Å². The Morgan fingerprint density at radius 1 is 1.24 bits per heavy atom. The van der Waals surface area contributed by atoms with Crippen molar-refractivity contribution in [1.29, 1.82) is 0 Å². The Hall–Kier alpha value is -0.540. The van der Waals surface area contributed by atoms with Crippen molar-refractivity contribution in [2.45, 2.75) is 24.8 Å². The van der Waals surface area contributed by atoms with Crippen LogP contribution in [-0.2, 0) is 10.1 Å². The first-order valence-corrected chi connectivity index (χ1v) is 8.32. The van der Waals surface area contributed by atoms with Gasteiger partial charge in [-0.25, -0.2) is 13.4 Å². The maximum Gasteiger partial charge on any atom is 0.485 e. The van der Waals surface area contributed by atoms with E-state index in [0.717, 1.165) is 12.5 Å². The van der Waals surface area contributed by atoms with Gasteiger partial charge in [-0.3, -0.25) is 0 Å². The highest BCUT2D eigenvalue weighted by molar-refractivity contribution is 7.86. The fraction of sp³-hybridized carbons (Fsp3) is 0.909. The fourth-order valence-electron chi connectivity index (χ4n) is 2.78. The second kappa shape index (κ2) is 7.15. The van der Waals surface area contributed by atoms with Crippen molar-refractivity contribution in [3.8, 4) is 0 Å². The summed E-state index contributed by atoms with van der Waals surface area (Å²) in [5.41, 5.74) is -5.65. The second-order valence-corrected chi connectivity index (χ2v) is 6.89. The monoisotopic (exact) mass is 346 g/mol. The molecule has 3 heterocycles. The molecule has 0 saturated carbocycles. The molecule has 0 aromatic carbocycles. The molecule has 10 heteroatoms. The predicted octanol–water partition coefficient (Wildman–Crippen LogP) is 1.77. The lowest BCUT2D eigenvalue weighted by Crippen LogP contribution is -2.59. The van der Waals surface area contributed by atoms with Gasteiger partial charge in [-0.2, -0.15) is 13.2 Å². The maximum absolute atomic E-state index is 10.7. The Kier molecular flexibility index (Phi) is 6.30. The van der Waals surface area contributed by atoms with E-state index in [0.29, 0.717) is 0 Å². The third kappa shape index (κ3) is 5.63. The highest BCUT2D eigenvalue weighted by atomic mass is 32.2. The van der Waals surface area contributed by atoms with E-state index in [1.54, 1.807) is 0 Å². The van der Waals surface area contributed by atoms with Crippen LogP contribution in [0.5, 0.6) is 0 Å². The van der Waals surface area contributed by atoms with Crippen LogP contribution < -0.4 is 0 Å². The summed E-state index contributed by atoms with van der Waals surface area (Å²) in [5, 5.41) is 2.46. The van der Waals surface area contributed by atoms with Crippen molar-refractivity contribution in [2.24, 2.45) is 10.9 Å². The fourth-order valence-corrected chi connectivity index (χ4v) is 2.87. The van der Waals surface area contributed by atoms with Crippen LogP contribution in [0.1, 0.15) is 19.3 Å². The van der Waals surface area contributed by atoms with Crippen LogP contribution in [0, 0.1) is 5.92 Å². The molecule has 0 aromatic heterocycles. The van der Waals surface area contributed by atoms with E-state index in [2.05, 4.69) is 22.4 Å². The largest absolute Gasteiger partial charge is 0.741 e. The van der Waals surface area contributed by atoms with Crippen molar-refractivity contribution in [1.82, 2.24) is 0 Å². The summed E-state index contributed by atoms with van der Waals surface area (Å²) >= 11 is 4.58. The molecule has 21 heavy (non-hydrogen) atoms. The third-order valence-corrected chi connectivity index (χ3v) is 4.77. The lowest BCUT2D eigenvalue weighted by molar-refractivity contribution is -0.941. The molecule has 3 aliphatic rings. The van der Waals surface area contributed by atoms with Crippen molar-refractivity contribution >= 4 is 27.5 Å². The van der Waals surface area contributed by atoms with E-state index in [4.69, 9.17) is 13.0 Å². The summed E-state index contributed by atoms with van der Waals surface area (Å²) in [6.45, 7) is 6.23. The van der Waals surface area contributed by atoms with Gasteiger partial charge in [0, 0.05) is 0 Å². The molecule has 0 spiro atoms. The third-order valence-electron chi connectivity index (χ3n) is 4.07. The van der Waals surface area contributed by atoms with Crippen LogP contribution in [0.3, 0.4) is 0 Å². The molecule has 122 valence electrons. The van der Waals surface area contributed by atoms with Crippen molar-refractivity contribution in [3.63, 3.8) is 0 Å². The van der Waals surface area contributed by atoms with Crippen LogP contribution in [0.4, 0.5) is 13.2 Å². The molecule has 0 aromatic rings. The first-order chi connectivity index (χ1) is 9.60. The number of hydrogen-bond acceptors (Lipinski definition) is 5. The Bertz CT molecular complexity index is 480. The minimum Gasteiger partial charge on any atom is -0.741 e. The molecule has 3 fully saturated rings. The van der Waals surface area contributed by atoms with Gasteiger partial charge >= 0.3 is 5.51 Å². The number of fused-ring (bicyclic) bond motifs is 3. The second-order valence-electron chi connectivity index (χ2n) is 5.34. The molecule has 3 rings (SSSR count). The van der Waals surface area contributed by atoms with Crippen LogP contribution in [0.15, 0.2) is 4.99 Å². The number of alkyl halides is 3. The summed E-state index contributed by atoms with van der Waals surface area (Å²) in [5.74, 6) is 1.05. The molecule has 2 bridgehead atoms. The number of thiocarbonyl (C=S) groups is 1. The number of quaternary nitrogens is 1. The SMILES string of the molecule is O=S(=O)([O-])C(F)(F)F.S=C=NCC[N+]12CCC(CC1)CC2. The molecule has 0 radical (unpaired) electrons. The topological polar surface area (TPSA) is 69.6 Å². The summed E-state index contributed by atoms with van der Waals surface area (Å²) in [7, 11) is -6.09. The lowest BCUT2D eigenvalue weighted by Gasteiger charge is -2.48. The van der Waals surface area contributed by atoms with Crippen LogP contribution >= 0.6 is 12.2 Å². The molecular weight excluding hydrogens is 329 g/mol. The molecule has 3 aliphatic heterocycles. The van der Waals surface area contributed by atoms with Gasteiger partial charge in [-0.1, -0.05) is 0 Å². The number of nitrogens with zero attached hydrogens (tertiary/aromatic N) is 2. The minimum absolute atomic E-state index is 0.883. The highest BCUT2D eigenvalue weighted by Crippen LogP contribution is 2.33. The number of isothiocyanates is 1. The summed E-state index contributed by atoms with van der Waals surface area (Å²) in [4.78, 5) is 4.03. The molecular formula is C11H17F3N2O3S2. The molecule has 3 saturated heterocycles. The number of piperidine rings is 3. The summed E-state index contributed by atoms with van der Waals surface area (Å²) in [6.07, 6.45) is 4.34. The van der Waals surface area contributed by atoms with E-state index in [1.807, 2.05) is 0 Å². The highest BCUT2D eigenvalue weighted by Gasteiger charge is 2.39. The number of halogens is 3.